The van der Waals surface area contributed by atoms with E-state index in [1.807, 2.05) is 59.2 Å². The van der Waals surface area contributed by atoms with Crippen LogP contribution in [0.1, 0.15) is 35.4 Å². The van der Waals surface area contributed by atoms with E-state index in [2.05, 4.69) is 5.32 Å². The van der Waals surface area contributed by atoms with E-state index in [1.165, 1.54) is 0 Å². The number of fused-ring (bicyclic) bond motifs is 1. The fraction of sp³-hybridized carbons (Fsp3) is 0.250. The molecule has 1 N–H and O–H groups in total. The van der Waals surface area contributed by atoms with Gasteiger partial charge in [-0.15, -0.1) is 0 Å². The highest BCUT2D eigenvalue weighted by atomic mass is 35.5. The van der Waals surface area contributed by atoms with E-state index >= 15 is 0 Å². The number of nitrogens with zero attached hydrogens (tertiary/aromatic N) is 3. The number of aryl methyl sites for hydroxylation is 1. The first kappa shape index (κ1) is 24.5. The number of carbonyl (C=O) groups excluding carboxylic acids is 2. The highest BCUT2D eigenvalue weighted by molar-refractivity contribution is 6.30. The van der Waals surface area contributed by atoms with Crippen molar-refractivity contribution in [2.75, 3.05) is 18.5 Å². The smallest absolute Gasteiger partial charge is 0.251 e. The predicted molar refractivity (Wildman–Crippen MR) is 141 cm³/mol. The van der Waals surface area contributed by atoms with Gasteiger partial charge in [-0.25, -0.2) is 4.98 Å². The molecule has 0 fully saturated rings. The lowest BCUT2D eigenvalue weighted by molar-refractivity contribution is -0.118. The quantitative estimate of drug-likeness (QED) is 0.300. The second kappa shape index (κ2) is 11.7. The molecule has 1 aromatic heterocycles. The molecule has 6 nitrogen and oxygen atoms in total. The number of aromatic nitrogens is 2. The zero-order valence-corrected chi connectivity index (χ0v) is 20.5. The second-order valence-electron chi connectivity index (χ2n) is 8.46. The number of anilines is 1. The Morgan fingerprint density at radius 3 is 2.40 bits per heavy atom. The maximum atomic E-state index is 13.1. The van der Waals surface area contributed by atoms with Crippen LogP contribution in [0.15, 0.2) is 78.9 Å². The molecule has 0 aliphatic rings. The van der Waals surface area contributed by atoms with Gasteiger partial charge >= 0.3 is 0 Å². The molecular weight excluding hydrogens is 460 g/mol. The summed E-state index contributed by atoms with van der Waals surface area (Å²) in [5.41, 5.74) is 3.33. The third-order valence-corrected chi connectivity index (χ3v) is 6.27. The summed E-state index contributed by atoms with van der Waals surface area (Å²) in [5.74, 6) is 0.821. The van der Waals surface area contributed by atoms with Crippen LogP contribution in [0.5, 0.6) is 0 Å². The van der Waals surface area contributed by atoms with Crippen molar-refractivity contribution in [3.8, 4) is 0 Å². The summed E-state index contributed by atoms with van der Waals surface area (Å²) in [4.78, 5) is 31.7. The van der Waals surface area contributed by atoms with Gasteiger partial charge in [0, 0.05) is 36.3 Å². The molecule has 0 saturated carbocycles. The number of hydrogen-bond acceptors (Lipinski definition) is 3. The lowest BCUT2D eigenvalue weighted by atomic mass is 10.1. The molecule has 180 valence electrons. The Bertz CT molecular complexity index is 1290. The maximum absolute atomic E-state index is 13.1. The number of unbranched alkanes of at least 4 members (excludes halogenated alkanes) is 2. The van der Waals surface area contributed by atoms with E-state index in [4.69, 9.17) is 16.6 Å². The van der Waals surface area contributed by atoms with Gasteiger partial charge in [-0.3, -0.25) is 9.59 Å². The van der Waals surface area contributed by atoms with Crippen molar-refractivity contribution < 1.29 is 9.59 Å². The first-order valence-corrected chi connectivity index (χ1v) is 12.2. The van der Waals surface area contributed by atoms with Crippen LogP contribution in [0.3, 0.4) is 0 Å². The molecule has 1 heterocycles. The van der Waals surface area contributed by atoms with Crippen LogP contribution in [0.25, 0.3) is 11.0 Å². The third kappa shape index (κ3) is 6.28. The number of halogens is 1. The first-order chi connectivity index (χ1) is 17.0. The number of amides is 2. The molecule has 0 unspecified atom stereocenters. The standard InChI is InChI=1S/C28H29ClN4O2/c1-32(23-10-4-2-5-11-23)27(34)20-33-25-13-8-7-12-24(25)31-26(33)14-6-3-9-19-30-28(35)21-15-17-22(29)18-16-21/h2,4-5,7-8,10-13,15-18H,3,6,9,14,19-20H2,1H3,(H,30,35). The van der Waals surface area contributed by atoms with Crippen molar-refractivity contribution in [3.05, 3.63) is 95.3 Å². The average molecular weight is 489 g/mol. The molecule has 0 bridgehead atoms. The molecule has 0 spiro atoms. The highest BCUT2D eigenvalue weighted by Gasteiger charge is 2.17. The summed E-state index contributed by atoms with van der Waals surface area (Å²) in [6.45, 7) is 0.844. The van der Waals surface area contributed by atoms with Crippen molar-refractivity contribution in [2.45, 2.75) is 32.2 Å². The average Bonchev–Trinajstić information content (AvgIpc) is 3.23. The maximum Gasteiger partial charge on any atom is 0.251 e. The number of hydrogen-bond donors (Lipinski definition) is 1. The van der Waals surface area contributed by atoms with Crippen molar-refractivity contribution in [1.82, 2.24) is 14.9 Å². The van der Waals surface area contributed by atoms with Gasteiger partial charge in [0.1, 0.15) is 12.4 Å². The van der Waals surface area contributed by atoms with E-state index in [1.54, 1.807) is 36.2 Å². The number of nitrogens with one attached hydrogen (secondary N) is 1. The Kier molecular flexibility index (Phi) is 8.16. The summed E-state index contributed by atoms with van der Waals surface area (Å²) >= 11 is 5.88. The molecule has 0 saturated heterocycles. The minimum Gasteiger partial charge on any atom is -0.352 e. The molecule has 0 radical (unpaired) electrons. The fourth-order valence-corrected chi connectivity index (χ4v) is 4.15. The minimum absolute atomic E-state index is 0.00511. The lowest BCUT2D eigenvalue weighted by Crippen LogP contribution is -2.30. The van der Waals surface area contributed by atoms with Crippen molar-refractivity contribution >= 4 is 40.1 Å². The van der Waals surface area contributed by atoms with E-state index in [9.17, 15) is 9.59 Å². The lowest BCUT2D eigenvalue weighted by Gasteiger charge is -2.18. The van der Waals surface area contributed by atoms with Gasteiger partial charge in [-0.1, -0.05) is 48.4 Å². The molecule has 4 aromatic rings. The second-order valence-corrected chi connectivity index (χ2v) is 8.90. The van der Waals surface area contributed by atoms with Gasteiger partial charge in [0.2, 0.25) is 5.91 Å². The molecule has 0 aliphatic carbocycles. The fourth-order valence-electron chi connectivity index (χ4n) is 4.02. The number of imidazole rings is 1. The molecule has 2 amide bonds. The van der Waals surface area contributed by atoms with E-state index in [-0.39, 0.29) is 18.4 Å². The van der Waals surface area contributed by atoms with E-state index < -0.39 is 0 Å². The van der Waals surface area contributed by atoms with Gasteiger partial charge in [0.05, 0.1) is 11.0 Å². The summed E-state index contributed by atoms with van der Waals surface area (Å²) in [6, 6.07) is 24.4. The van der Waals surface area contributed by atoms with Crippen LogP contribution < -0.4 is 10.2 Å². The number of rotatable bonds is 10. The van der Waals surface area contributed by atoms with E-state index in [0.29, 0.717) is 17.1 Å². The van der Waals surface area contributed by atoms with Gasteiger partial charge < -0.3 is 14.8 Å². The number of benzene rings is 3. The molecule has 3 aromatic carbocycles. The van der Waals surface area contributed by atoms with Gasteiger partial charge in [-0.2, -0.15) is 0 Å². The highest BCUT2D eigenvalue weighted by Crippen LogP contribution is 2.19. The Balaban J connectivity index is 1.32. The minimum atomic E-state index is -0.0930. The number of para-hydroxylation sites is 3. The van der Waals surface area contributed by atoms with Gasteiger partial charge in [0.25, 0.3) is 5.91 Å². The van der Waals surface area contributed by atoms with Gasteiger partial charge in [0.15, 0.2) is 0 Å². The molecule has 4 rings (SSSR count). The summed E-state index contributed by atoms with van der Waals surface area (Å²) < 4.78 is 2.03. The zero-order chi connectivity index (χ0) is 24.6. The topological polar surface area (TPSA) is 67.2 Å². The monoisotopic (exact) mass is 488 g/mol. The van der Waals surface area contributed by atoms with Crippen LogP contribution in [-0.4, -0.2) is 35.0 Å². The van der Waals surface area contributed by atoms with E-state index in [0.717, 1.165) is 48.2 Å². The van der Waals surface area contributed by atoms with Crippen molar-refractivity contribution in [1.29, 1.82) is 0 Å². The van der Waals surface area contributed by atoms with Crippen LogP contribution in [0.4, 0.5) is 5.69 Å². The molecule has 35 heavy (non-hydrogen) atoms. The molecule has 0 atom stereocenters. The molecular formula is C28H29ClN4O2. The summed E-state index contributed by atoms with van der Waals surface area (Å²) in [7, 11) is 1.80. The Morgan fingerprint density at radius 2 is 1.63 bits per heavy atom. The zero-order valence-electron chi connectivity index (χ0n) is 19.8. The predicted octanol–water partition coefficient (Wildman–Crippen LogP) is 5.50. The normalized spacial score (nSPS) is 10.9. The molecule has 0 aliphatic heterocycles. The van der Waals surface area contributed by atoms with Crippen molar-refractivity contribution in [3.63, 3.8) is 0 Å². The Morgan fingerprint density at radius 1 is 0.914 bits per heavy atom. The van der Waals surface area contributed by atoms with Crippen LogP contribution in [-0.2, 0) is 17.8 Å². The summed E-state index contributed by atoms with van der Waals surface area (Å²) in [6.07, 6.45) is 3.50. The van der Waals surface area contributed by atoms with Crippen LogP contribution in [0.2, 0.25) is 5.02 Å². The van der Waals surface area contributed by atoms with Gasteiger partial charge in [-0.05, 0) is 61.4 Å². The largest absolute Gasteiger partial charge is 0.352 e. The summed E-state index contributed by atoms with van der Waals surface area (Å²) in [5, 5.41) is 3.56. The Hall–Kier alpha value is -3.64. The third-order valence-electron chi connectivity index (χ3n) is 6.01. The molecule has 7 heteroatoms. The van der Waals surface area contributed by atoms with Crippen molar-refractivity contribution in [2.24, 2.45) is 0 Å². The Labute approximate surface area is 210 Å². The van der Waals surface area contributed by atoms with Crippen LogP contribution in [0, 0.1) is 0 Å². The number of carbonyl (C=O) groups is 2. The SMILES string of the molecule is CN(C(=O)Cn1c(CCCCCNC(=O)c2ccc(Cl)cc2)nc2ccccc21)c1ccccc1. The number of likely N-dealkylation sites (N-methyl/N-ethyl adjacent to an activating group) is 1. The first-order valence-electron chi connectivity index (χ1n) is 11.8. The van der Waals surface area contributed by atoms with Crippen LogP contribution >= 0.6 is 11.6 Å².